The molecule has 0 amide bonds. The number of H-pyrrole nitrogens is 1. The van der Waals surface area contributed by atoms with E-state index in [4.69, 9.17) is 0 Å². The summed E-state index contributed by atoms with van der Waals surface area (Å²) in [6, 6.07) is 9.65. The molecule has 2 heterocycles. The number of aryl methyl sites for hydroxylation is 1. The van der Waals surface area contributed by atoms with Crippen LogP contribution in [-0.2, 0) is 16.6 Å². The zero-order chi connectivity index (χ0) is 14.1. The topological polar surface area (TPSA) is 58.6 Å². The molecule has 2 aromatic heterocycles. The molecule has 0 aliphatic heterocycles. The van der Waals surface area contributed by atoms with Crippen LogP contribution in [0.1, 0.15) is 16.8 Å². The van der Waals surface area contributed by atoms with Gasteiger partial charge in [0, 0.05) is 6.20 Å². The predicted octanol–water partition coefficient (Wildman–Crippen LogP) is 2.88. The Kier molecular flexibility index (Phi) is 3.36. The molecule has 0 aliphatic rings. The first-order valence-corrected chi connectivity index (χ1v) is 7.71. The lowest BCUT2D eigenvalue weighted by molar-refractivity contribution is 0.676. The van der Waals surface area contributed by atoms with Crippen LogP contribution in [-0.4, -0.2) is 19.2 Å². The van der Waals surface area contributed by atoms with Crippen LogP contribution in [0.4, 0.5) is 0 Å². The van der Waals surface area contributed by atoms with Crippen LogP contribution in [0, 0.1) is 13.8 Å². The molecule has 0 bridgehead atoms. The number of imidazole rings is 1. The van der Waals surface area contributed by atoms with Gasteiger partial charge in [0.15, 0.2) is 5.16 Å². The number of nitrogens with one attached hydrogen (secondary N) is 1. The fourth-order valence-corrected chi connectivity index (χ4v) is 3.16. The average Bonchev–Trinajstić information content (AvgIpc) is 2.88. The summed E-state index contributed by atoms with van der Waals surface area (Å²) in [5.74, 6) is 0.382. The second kappa shape index (κ2) is 5.17. The highest BCUT2D eigenvalue weighted by Crippen LogP contribution is 2.17. The van der Waals surface area contributed by atoms with Crippen molar-refractivity contribution in [3.63, 3.8) is 0 Å². The van der Waals surface area contributed by atoms with E-state index in [1.807, 2.05) is 44.2 Å². The van der Waals surface area contributed by atoms with E-state index in [1.54, 1.807) is 6.20 Å². The lowest BCUT2D eigenvalue weighted by Crippen LogP contribution is -2.03. The van der Waals surface area contributed by atoms with Gasteiger partial charge >= 0.3 is 0 Å². The molecule has 0 aliphatic carbocycles. The highest BCUT2D eigenvalue weighted by atomic mass is 32.2. The Morgan fingerprint density at radius 1 is 1.20 bits per heavy atom. The molecule has 1 aromatic carbocycles. The third-order valence-corrected chi connectivity index (χ3v) is 4.59. The largest absolute Gasteiger partial charge is 0.331 e. The van der Waals surface area contributed by atoms with Crippen molar-refractivity contribution in [1.29, 1.82) is 0 Å². The molecule has 0 spiro atoms. The minimum atomic E-state index is -1.21. The minimum Gasteiger partial charge on any atom is -0.331 e. The summed E-state index contributed by atoms with van der Waals surface area (Å²) in [4.78, 5) is 11.8. The van der Waals surface area contributed by atoms with Gasteiger partial charge in [-0.15, -0.1) is 0 Å². The molecule has 0 radical (unpaired) electrons. The highest BCUT2D eigenvalue weighted by molar-refractivity contribution is 7.84. The molecule has 1 N–H and O–H groups in total. The van der Waals surface area contributed by atoms with E-state index < -0.39 is 10.8 Å². The number of hydrogen-bond acceptors (Lipinski definition) is 3. The molecule has 4 nitrogen and oxygen atoms in total. The molecule has 3 aromatic rings. The van der Waals surface area contributed by atoms with E-state index in [2.05, 4.69) is 15.0 Å². The number of nitrogens with zero attached hydrogens (tertiary/aromatic N) is 2. The molecule has 3 rings (SSSR count). The van der Waals surface area contributed by atoms with Gasteiger partial charge in [0.1, 0.15) is 0 Å². The summed E-state index contributed by atoms with van der Waals surface area (Å²) in [5.41, 5.74) is 4.87. The van der Waals surface area contributed by atoms with Crippen molar-refractivity contribution in [2.24, 2.45) is 0 Å². The zero-order valence-corrected chi connectivity index (χ0v) is 12.2. The Balaban J connectivity index is 1.91. The Labute approximate surface area is 119 Å². The Bertz CT molecular complexity index is 762. The first-order valence-electron chi connectivity index (χ1n) is 6.39. The summed E-state index contributed by atoms with van der Waals surface area (Å²) in [6.45, 7) is 4.04. The number of benzene rings is 1. The van der Waals surface area contributed by atoms with Crippen LogP contribution in [0.15, 0.2) is 41.7 Å². The normalized spacial score (nSPS) is 12.7. The Morgan fingerprint density at radius 3 is 2.80 bits per heavy atom. The standard InChI is InChI=1S/C15H15N3OS/c1-10-7-8-16-14(11(10)2)9-20(19)15-17-12-5-3-4-6-13(12)18-15/h3-8H,9H2,1-2H3,(H,17,18). The van der Waals surface area contributed by atoms with Gasteiger partial charge in [-0.25, -0.2) is 4.98 Å². The molecule has 102 valence electrons. The first-order chi connectivity index (χ1) is 9.65. The van der Waals surface area contributed by atoms with Gasteiger partial charge < -0.3 is 4.98 Å². The summed E-state index contributed by atoms with van der Waals surface area (Å²) in [6.07, 6.45) is 1.76. The van der Waals surface area contributed by atoms with Crippen LogP contribution in [0.5, 0.6) is 0 Å². The van der Waals surface area contributed by atoms with E-state index in [1.165, 1.54) is 0 Å². The average molecular weight is 285 g/mol. The van der Waals surface area contributed by atoms with Crippen LogP contribution in [0.3, 0.4) is 0 Å². The van der Waals surface area contributed by atoms with Crippen molar-refractivity contribution in [3.8, 4) is 0 Å². The van der Waals surface area contributed by atoms with E-state index in [0.717, 1.165) is 27.9 Å². The van der Waals surface area contributed by atoms with Gasteiger partial charge in [-0.2, -0.15) is 0 Å². The lowest BCUT2D eigenvalue weighted by atomic mass is 10.1. The van der Waals surface area contributed by atoms with Gasteiger partial charge in [0.05, 0.1) is 33.3 Å². The second-order valence-corrected chi connectivity index (χ2v) is 6.11. The quantitative estimate of drug-likeness (QED) is 0.805. The number of rotatable bonds is 3. The molecule has 1 atom stereocenters. The number of aromatic nitrogens is 3. The van der Waals surface area contributed by atoms with Crippen molar-refractivity contribution >= 4 is 21.8 Å². The fraction of sp³-hybridized carbons (Fsp3) is 0.200. The van der Waals surface area contributed by atoms with Gasteiger partial charge in [-0.1, -0.05) is 12.1 Å². The van der Waals surface area contributed by atoms with Gasteiger partial charge in [0.2, 0.25) is 0 Å². The monoisotopic (exact) mass is 285 g/mol. The molecule has 20 heavy (non-hydrogen) atoms. The highest BCUT2D eigenvalue weighted by Gasteiger charge is 2.13. The zero-order valence-electron chi connectivity index (χ0n) is 11.4. The molecular weight excluding hydrogens is 270 g/mol. The number of hydrogen-bond donors (Lipinski definition) is 1. The number of aromatic amines is 1. The molecular formula is C15H15N3OS. The summed E-state index contributed by atoms with van der Waals surface area (Å²) in [7, 11) is -1.21. The maximum atomic E-state index is 12.4. The lowest BCUT2D eigenvalue weighted by Gasteiger charge is -2.05. The van der Waals surface area contributed by atoms with Crippen LogP contribution in [0.25, 0.3) is 11.0 Å². The fourth-order valence-electron chi connectivity index (χ4n) is 2.06. The number of fused-ring (bicyclic) bond motifs is 1. The Hall–Kier alpha value is -2.01. The second-order valence-electron chi connectivity index (χ2n) is 4.75. The number of para-hydroxylation sites is 2. The molecule has 5 heteroatoms. The van der Waals surface area contributed by atoms with E-state index in [9.17, 15) is 4.21 Å². The van der Waals surface area contributed by atoms with Crippen LogP contribution in [0.2, 0.25) is 0 Å². The number of pyridine rings is 1. The first kappa shape index (κ1) is 13.0. The minimum absolute atomic E-state index is 0.382. The summed E-state index contributed by atoms with van der Waals surface area (Å²) in [5, 5.41) is 0.508. The van der Waals surface area contributed by atoms with Gasteiger partial charge in [0.25, 0.3) is 0 Å². The van der Waals surface area contributed by atoms with Crippen LogP contribution < -0.4 is 0 Å². The third kappa shape index (κ3) is 2.36. The predicted molar refractivity (Wildman–Crippen MR) is 79.9 cm³/mol. The van der Waals surface area contributed by atoms with Crippen molar-refractivity contribution in [3.05, 3.63) is 53.3 Å². The summed E-state index contributed by atoms with van der Waals surface area (Å²) < 4.78 is 12.4. The van der Waals surface area contributed by atoms with Crippen LogP contribution >= 0.6 is 0 Å². The molecule has 1 unspecified atom stereocenters. The van der Waals surface area contributed by atoms with Gasteiger partial charge in [-0.3, -0.25) is 9.19 Å². The van der Waals surface area contributed by atoms with Gasteiger partial charge in [-0.05, 0) is 43.2 Å². The summed E-state index contributed by atoms with van der Waals surface area (Å²) >= 11 is 0. The maximum Gasteiger partial charge on any atom is 0.197 e. The van der Waals surface area contributed by atoms with Crippen molar-refractivity contribution in [1.82, 2.24) is 15.0 Å². The Morgan fingerprint density at radius 2 is 2.00 bits per heavy atom. The van der Waals surface area contributed by atoms with Crippen molar-refractivity contribution in [2.75, 3.05) is 0 Å². The van der Waals surface area contributed by atoms with E-state index >= 15 is 0 Å². The van der Waals surface area contributed by atoms with Crippen molar-refractivity contribution in [2.45, 2.75) is 24.8 Å². The van der Waals surface area contributed by atoms with Crippen molar-refractivity contribution < 1.29 is 4.21 Å². The smallest absolute Gasteiger partial charge is 0.197 e. The third-order valence-electron chi connectivity index (χ3n) is 3.43. The van der Waals surface area contributed by atoms with E-state index in [-0.39, 0.29) is 0 Å². The maximum absolute atomic E-state index is 12.4. The molecule has 0 saturated heterocycles. The molecule has 0 fully saturated rings. The van der Waals surface area contributed by atoms with E-state index in [0.29, 0.717) is 10.9 Å². The molecule has 0 saturated carbocycles. The SMILES string of the molecule is Cc1ccnc(CS(=O)c2nc3ccccc3[nH]2)c1C.